The zero-order chi connectivity index (χ0) is 12.4. The summed E-state index contributed by atoms with van der Waals surface area (Å²) >= 11 is 0. The maximum Gasteiger partial charge on any atom is 0.150 e. The van der Waals surface area contributed by atoms with Crippen LogP contribution in [0.5, 0.6) is 5.75 Å². The topological polar surface area (TPSA) is 44.1 Å². The molecule has 0 spiro atoms. The number of nitrogens with zero attached hydrogens (tertiary/aromatic N) is 2. The molecule has 2 rings (SSSR count). The standard InChI is InChI=1S/C13H14N2O2/c1-9-6-10(2)15(14-9)12-7-11(8-16)4-5-13(12)17-3/h4-8H,1-3H3. The van der Waals surface area contributed by atoms with Crippen LogP contribution in [0.15, 0.2) is 24.3 Å². The third kappa shape index (κ3) is 2.06. The van der Waals surface area contributed by atoms with Crippen LogP contribution in [0.4, 0.5) is 0 Å². The van der Waals surface area contributed by atoms with Crippen molar-refractivity contribution in [3.05, 3.63) is 41.2 Å². The predicted molar refractivity (Wildman–Crippen MR) is 65.0 cm³/mol. The van der Waals surface area contributed by atoms with Gasteiger partial charge in [-0.1, -0.05) is 0 Å². The van der Waals surface area contributed by atoms with E-state index in [9.17, 15) is 4.79 Å². The highest BCUT2D eigenvalue weighted by Crippen LogP contribution is 2.24. The highest BCUT2D eigenvalue weighted by molar-refractivity contribution is 5.77. The second kappa shape index (κ2) is 4.41. The molecule has 17 heavy (non-hydrogen) atoms. The monoisotopic (exact) mass is 230 g/mol. The number of hydrogen-bond donors (Lipinski definition) is 0. The highest BCUT2D eigenvalue weighted by Gasteiger charge is 2.10. The van der Waals surface area contributed by atoms with Crippen LogP contribution in [-0.4, -0.2) is 23.2 Å². The summed E-state index contributed by atoms with van der Waals surface area (Å²) in [6.07, 6.45) is 0.814. The van der Waals surface area contributed by atoms with Crippen LogP contribution in [0, 0.1) is 13.8 Å². The van der Waals surface area contributed by atoms with Gasteiger partial charge < -0.3 is 4.74 Å². The van der Waals surface area contributed by atoms with Gasteiger partial charge in [0, 0.05) is 11.3 Å². The minimum Gasteiger partial charge on any atom is -0.494 e. The molecule has 0 unspecified atom stereocenters. The first-order valence-electron chi connectivity index (χ1n) is 5.32. The Balaban J connectivity index is 2.63. The molecule has 1 heterocycles. The molecule has 0 saturated carbocycles. The number of aldehydes is 1. The van der Waals surface area contributed by atoms with Crippen molar-refractivity contribution in [1.82, 2.24) is 9.78 Å². The minimum absolute atomic E-state index is 0.605. The Labute approximate surface area is 99.8 Å². The van der Waals surface area contributed by atoms with Gasteiger partial charge in [-0.25, -0.2) is 4.68 Å². The Kier molecular flexibility index (Phi) is 2.95. The summed E-state index contributed by atoms with van der Waals surface area (Å²) < 4.78 is 7.07. The lowest BCUT2D eigenvalue weighted by molar-refractivity contribution is 0.112. The molecule has 0 N–H and O–H groups in total. The molecule has 1 aromatic heterocycles. The molecule has 88 valence electrons. The summed E-state index contributed by atoms with van der Waals surface area (Å²) in [7, 11) is 1.60. The molecule has 0 radical (unpaired) electrons. The second-order valence-electron chi connectivity index (χ2n) is 3.89. The fourth-order valence-corrected chi connectivity index (χ4v) is 1.82. The Hall–Kier alpha value is -2.10. The molecule has 1 aromatic carbocycles. The van der Waals surface area contributed by atoms with Crippen molar-refractivity contribution in [3.63, 3.8) is 0 Å². The van der Waals surface area contributed by atoms with Crippen LogP contribution in [0.2, 0.25) is 0 Å². The van der Waals surface area contributed by atoms with Crippen molar-refractivity contribution in [2.24, 2.45) is 0 Å². The van der Waals surface area contributed by atoms with Crippen LogP contribution < -0.4 is 4.74 Å². The van der Waals surface area contributed by atoms with Gasteiger partial charge in [0.1, 0.15) is 17.7 Å². The maximum absolute atomic E-state index is 10.8. The summed E-state index contributed by atoms with van der Waals surface area (Å²) in [5.41, 5.74) is 3.32. The molecule has 0 fully saturated rings. The van der Waals surface area contributed by atoms with Gasteiger partial charge in [-0.3, -0.25) is 4.79 Å². The molecule has 4 heteroatoms. The number of carbonyl (C=O) groups excluding carboxylic acids is 1. The molecule has 0 aliphatic heterocycles. The molecule has 0 saturated heterocycles. The third-order valence-corrected chi connectivity index (χ3v) is 2.58. The van der Waals surface area contributed by atoms with Crippen molar-refractivity contribution >= 4 is 6.29 Å². The number of carbonyl (C=O) groups is 1. The third-order valence-electron chi connectivity index (χ3n) is 2.58. The van der Waals surface area contributed by atoms with Crippen molar-refractivity contribution in [2.45, 2.75) is 13.8 Å². The summed E-state index contributed by atoms with van der Waals surface area (Å²) in [6, 6.07) is 7.24. The molecular formula is C13H14N2O2. The van der Waals surface area contributed by atoms with Gasteiger partial charge >= 0.3 is 0 Å². The lowest BCUT2D eigenvalue weighted by Gasteiger charge is -2.10. The number of aromatic nitrogens is 2. The van der Waals surface area contributed by atoms with E-state index in [4.69, 9.17) is 4.74 Å². The zero-order valence-electron chi connectivity index (χ0n) is 10.1. The Morgan fingerprint density at radius 1 is 1.29 bits per heavy atom. The first-order valence-corrected chi connectivity index (χ1v) is 5.32. The summed E-state index contributed by atoms with van der Waals surface area (Å²) in [6.45, 7) is 3.90. The van der Waals surface area contributed by atoms with Gasteiger partial charge in [0.15, 0.2) is 0 Å². The molecule has 4 nitrogen and oxygen atoms in total. The minimum atomic E-state index is 0.605. The molecule has 0 aliphatic carbocycles. The van der Waals surface area contributed by atoms with E-state index in [1.54, 1.807) is 30.0 Å². The average molecular weight is 230 g/mol. The smallest absolute Gasteiger partial charge is 0.150 e. The molecule has 2 aromatic rings. The lowest BCUT2D eigenvalue weighted by atomic mass is 10.2. The van der Waals surface area contributed by atoms with E-state index in [0.717, 1.165) is 23.4 Å². The van der Waals surface area contributed by atoms with Crippen LogP contribution >= 0.6 is 0 Å². The van der Waals surface area contributed by atoms with E-state index >= 15 is 0 Å². The van der Waals surface area contributed by atoms with E-state index in [-0.39, 0.29) is 0 Å². The zero-order valence-corrected chi connectivity index (χ0v) is 10.1. The SMILES string of the molecule is COc1ccc(C=O)cc1-n1nc(C)cc1C. The fraction of sp³-hybridized carbons (Fsp3) is 0.231. The van der Waals surface area contributed by atoms with Gasteiger partial charge in [-0.05, 0) is 38.1 Å². The second-order valence-corrected chi connectivity index (χ2v) is 3.89. The van der Waals surface area contributed by atoms with Crippen molar-refractivity contribution in [2.75, 3.05) is 7.11 Å². The molecular weight excluding hydrogens is 216 g/mol. The molecule has 0 aliphatic rings. The van der Waals surface area contributed by atoms with E-state index in [1.165, 1.54) is 0 Å². The number of rotatable bonds is 3. The van der Waals surface area contributed by atoms with E-state index in [1.807, 2.05) is 19.9 Å². The van der Waals surface area contributed by atoms with Crippen molar-refractivity contribution in [3.8, 4) is 11.4 Å². The number of methoxy groups -OCH3 is 1. The average Bonchev–Trinajstić information content (AvgIpc) is 2.67. The molecule has 0 atom stereocenters. The van der Waals surface area contributed by atoms with E-state index in [2.05, 4.69) is 5.10 Å². The Morgan fingerprint density at radius 2 is 2.06 bits per heavy atom. The molecule has 0 amide bonds. The normalized spacial score (nSPS) is 10.3. The molecule has 0 bridgehead atoms. The van der Waals surface area contributed by atoms with Gasteiger partial charge in [0.05, 0.1) is 12.8 Å². The van der Waals surface area contributed by atoms with Crippen LogP contribution in [0.3, 0.4) is 0 Å². The number of aryl methyl sites for hydroxylation is 2. The quantitative estimate of drug-likeness (QED) is 0.760. The summed E-state index contributed by atoms with van der Waals surface area (Å²) in [5.74, 6) is 0.696. The number of ether oxygens (including phenoxy) is 1. The number of hydrogen-bond acceptors (Lipinski definition) is 3. The van der Waals surface area contributed by atoms with Gasteiger partial charge in [-0.2, -0.15) is 5.10 Å². The fourth-order valence-electron chi connectivity index (χ4n) is 1.82. The highest BCUT2D eigenvalue weighted by atomic mass is 16.5. The summed E-state index contributed by atoms with van der Waals surface area (Å²) in [4.78, 5) is 10.8. The predicted octanol–water partition coefficient (Wildman–Crippen LogP) is 2.31. The lowest BCUT2D eigenvalue weighted by Crippen LogP contribution is -2.02. The van der Waals surface area contributed by atoms with Gasteiger partial charge in [0.2, 0.25) is 0 Å². The van der Waals surface area contributed by atoms with Crippen molar-refractivity contribution in [1.29, 1.82) is 0 Å². The largest absolute Gasteiger partial charge is 0.494 e. The van der Waals surface area contributed by atoms with E-state index < -0.39 is 0 Å². The first-order chi connectivity index (χ1) is 8.15. The first kappa shape index (κ1) is 11.4. The maximum atomic E-state index is 10.8. The Morgan fingerprint density at radius 3 is 2.59 bits per heavy atom. The van der Waals surface area contributed by atoms with Crippen LogP contribution in [0.25, 0.3) is 5.69 Å². The number of benzene rings is 1. The van der Waals surface area contributed by atoms with Gasteiger partial charge in [0.25, 0.3) is 0 Å². The van der Waals surface area contributed by atoms with Gasteiger partial charge in [-0.15, -0.1) is 0 Å². The van der Waals surface area contributed by atoms with Crippen LogP contribution in [-0.2, 0) is 0 Å². The van der Waals surface area contributed by atoms with Crippen molar-refractivity contribution < 1.29 is 9.53 Å². The summed E-state index contributed by atoms with van der Waals surface area (Å²) in [5, 5.41) is 4.39. The Bertz CT molecular complexity index is 559. The van der Waals surface area contributed by atoms with E-state index in [0.29, 0.717) is 11.3 Å². The van der Waals surface area contributed by atoms with Crippen LogP contribution in [0.1, 0.15) is 21.7 Å².